The molecule has 0 radical (unpaired) electrons. The molecular weight excluding hydrogens is 344 g/mol. The zero-order valence-corrected chi connectivity index (χ0v) is 16.7. The minimum Gasteiger partial charge on any atom is -0.357 e. The summed E-state index contributed by atoms with van der Waals surface area (Å²) in [5, 5.41) is 2.48. The first-order valence-electron chi connectivity index (χ1n) is 9.64. The van der Waals surface area contributed by atoms with Gasteiger partial charge in [0, 0.05) is 42.1 Å². The molecule has 0 N–H and O–H groups in total. The number of para-hydroxylation sites is 1. The Morgan fingerprint density at radius 2 is 1.68 bits per heavy atom. The highest BCUT2D eigenvalue weighted by atomic mass is 15.4. The van der Waals surface area contributed by atoms with Gasteiger partial charge in [0.05, 0.1) is 22.9 Å². The van der Waals surface area contributed by atoms with E-state index >= 15 is 0 Å². The molecule has 28 heavy (non-hydrogen) atoms. The minimum atomic E-state index is -0.144. The maximum atomic E-state index is 4.43. The number of anilines is 1. The van der Waals surface area contributed by atoms with E-state index in [9.17, 15) is 0 Å². The summed E-state index contributed by atoms with van der Waals surface area (Å²) in [6.07, 6.45) is 8.19. The standard InChI is InChI=1S/C24H24N4/c1-17-10-11-20-19-12-13-25-16-21(19)28(18-8-6-5-7-9-18)23(20)22(17)27-15-14-26(4)24(27,2)3/h5-16H,1-4H3. The summed E-state index contributed by atoms with van der Waals surface area (Å²) in [7, 11) is 2.13. The van der Waals surface area contributed by atoms with Gasteiger partial charge in [-0.3, -0.25) is 4.98 Å². The molecule has 140 valence electrons. The first-order chi connectivity index (χ1) is 13.5. The normalized spacial score (nSPS) is 15.9. The summed E-state index contributed by atoms with van der Waals surface area (Å²) in [4.78, 5) is 9.07. The fraction of sp³-hybridized carbons (Fsp3) is 0.208. The number of aryl methyl sites for hydroxylation is 1. The Balaban J connectivity index is 1.95. The van der Waals surface area contributed by atoms with Crippen molar-refractivity contribution in [2.45, 2.75) is 26.4 Å². The quantitative estimate of drug-likeness (QED) is 0.470. The van der Waals surface area contributed by atoms with Crippen LogP contribution >= 0.6 is 0 Å². The Hall–Kier alpha value is -3.27. The number of fused-ring (bicyclic) bond motifs is 3. The van der Waals surface area contributed by atoms with Gasteiger partial charge >= 0.3 is 0 Å². The summed E-state index contributed by atoms with van der Waals surface area (Å²) in [5.74, 6) is 0. The van der Waals surface area contributed by atoms with E-state index in [4.69, 9.17) is 0 Å². The predicted molar refractivity (Wildman–Crippen MR) is 117 cm³/mol. The van der Waals surface area contributed by atoms with Crippen molar-refractivity contribution in [2.75, 3.05) is 11.9 Å². The van der Waals surface area contributed by atoms with Gasteiger partial charge in [0.15, 0.2) is 0 Å². The lowest BCUT2D eigenvalue weighted by molar-refractivity contribution is 0.253. The number of rotatable bonds is 2. The van der Waals surface area contributed by atoms with E-state index in [0.717, 1.165) is 11.2 Å². The highest BCUT2D eigenvalue weighted by Crippen LogP contribution is 2.43. The van der Waals surface area contributed by atoms with Crippen molar-refractivity contribution in [1.29, 1.82) is 0 Å². The third kappa shape index (κ3) is 2.21. The Kier molecular flexibility index (Phi) is 3.53. The van der Waals surface area contributed by atoms with Crippen LogP contribution in [-0.2, 0) is 0 Å². The Labute approximate surface area is 165 Å². The SMILES string of the molecule is Cc1ccc2c3ccncc3n(-c3ccccc3)c2c1N1C=CN(C)C1(C)C. The van der Waals surface area contributed by atoms with E-state index in [1.807, 2.05) is 12.4 Å². The van der Waals surface area contributed by atoms with Crippen molar-refractivity contribution in [3.05, 3.63) is 78.9 Å². The van der Waals surface area contributed by atoms with Gasteiger partial charge in [0.2, 0.25) is 0 Å². The van der Waals surface area contributed by atoms with E-state index in [-0.39, 0.29) is 5.66 Å². The minimum absolute atomic E-state index is 0.144. The van der Waals surface area contributed by atoms with E-state index in [0.29, 0.717) is 0 Å². The van der Waals surface area contributed by atoms with Gasteiger partial charge in [0.1, 0.15) is 5.66 Å². The number of benzene rings is 2. The largest absolute Gasteiger partial charge is 0.357 e. The molecule has 1 aliphatic rings. The van der Waals surface area contributed by atoms with Crippen LogP contribution in [0.5, 0.6) is 0 Å². The van der Waals surface area contributed by atoms with Gasteiger partial charge in [-0.2, -0.15) is 0 Å². The molecule has 0 spiro atoms. The van der Waals surface area contributed by atoms with Gasteiger partial charge in [-0.25, -0.2) is 0 Å². The summed E-state index contributed by atoms with van der Waals surface area (Å²) in [6, 6.07) is 17.2. The highest BCUT2D eigenvalue weighted by molar-refractivity contribution is 6.13. The summed E-state index contributed by atoms with van der Waals surface area (Å²) in [5.41, 5.74) is 5.86. The van der Waals surface area contributed by atoms with E-state index in [2.05, 4.69) is 108 Å². The lowest BCUT2D eigenvalue weighted by atomic mass is 10.1. The Bertz CT molecular complexity index is 1220. The summed E-state index contributed by atoms with van der Waals surface area (Å²) in [6.45, 7) is 6.70. The van der Waals surface area contributed by atoms with Gasteiger partial charge in [0.25, 0.3) is 0 Å². The molecule has 0 unspecified atom stereocenters. The van der Waals surface area contributed by atoms with Gasteiger partial charge in [-0.05, 0) is 44.5 Å². The number of hydrogen-bond acceptors (Lipinski definition) is 3. The number of hydrogen-bond donors (Lipinski definition) is 0. The second kappa shape index (κ2) is 5.86. The van der Waals surface area contributed by atoms with Crippen molar-refractivity contribution in [2.24, 2.45) is 0 Å². The molecule has 2 aromatic heterocycles. The molecule has 2 aromatic carbocycles. The third-order valence-electron chi connectivity index (χ3n) is 6.05. The van der Waals surface area contributed by atoms with Gasteiger partial charge in [-0.1, -0.05) is 30.3 Å². The van der Waals surface area contributed by atoms with Crippen LogP contribution in [0.2, 0.25) is 0 Å². The summed E-state index contributed by atoms with van der Waals surface area (Å²) >= 11 is 0. The molecule has 0 saturated heterocycles. The average molecular weight is 368 g/mol. The van der Waals surface area contributed by atoms with Crippen LogP contribution in [0.1, 0.15) is 19.4 Å². The van der Waals surface area contributed by atoms with Crippen LogP contribution < -0.4 is 4.90 Å². The van der Waals surface area contributed by atoms with Crippen LogP contribution in [0.15, 0.2) is 73.3 Å². The number of nitrogens with zero attached hydrogens (tertiary/aromatic N) is 4. The monoisotopic (exact) mass is 368 g/mol. The molecule has 0 saturated carbocycles. The van der Waals surface area contributed by atoms with Crippen LogP contribution in [0.3, 0.4) is 0 Å². The summed E-state index contributed by atoms with van der Waals surface area (Å²) < 4.78 is 2.35. The Morgan fingerprint density at radius 3 is 2.39 bits per heavy atom. The van der Waals surface area contributed by atoms with E-state index in [1.165, 1.54) is 27.5 Å². The van der Waals surface area contributed by atoms with Crippen LogP contribution in [0, 0.1) is 6.92 Å². The van der Waals surface area contributed by atoms with Crippen molar-refractivity contribution < 1.29 is 0 Å². The number of aromatic nitrogens is 2. The van der Waals surface area contributed by atoms with Crippen molar-refractivity contribution in [3.8, 4) is 5.69 Å². The number of pyridine rings is 1. The average Bonchev–Trinajstić information content (AvgIpc) is 3.17. The first kappa shape index (κ1) is 16.9. The fourth-order valence-electron chi connectivity index (χ4n) is 4.24. The highest BCUT2D eigenvalue weighted by Gasteiger charge is 2.35. The van der Waals surface area contributed by atoms with Crippen molar-refractivity contribution in [3.63, 3.8) is 0 Å². The topological polar surface area (TPSA) is 24.3 Å². The van der Waals surface area contributed by atoms with Gasteiger partial charge < -0.3 is 14.4 Å². The second-order valence-electron chi connectivity index (χ2n) is 7.96. The smallest absolute Gasteiger partial charge is 0.110 e. The molecule has 3 heterocycles. The van der Waals surface area contributed by atoms with Crippen LogP contribution in [0.25, 0.3) is 27.5 Å². The molecule has 0 fully saturated rings. The molecule has 5 rings (SSSR count). The van der Waals surface area contributed by atoms with Crippen molar-refractivity contribution in [1.82, 2.24) is 14.5 Å². The molecular formula is C24H24N4. The van der Waals surface area contributed by atoms with Crippen molar-refractivity contribution >= 4 is 27.5 Å². The molecule has 0 bridgehead atoms. The van der Waals surface area contributed by atoms with Gasteiger partial charge in [-0.15, -0.1) is 0 Å². The molecule has 0 atom stereocenters. The van der Waals surface area contributed by atoms with E-state index in [1.54, 1.807) is 0 Å². The lowest BCUT2D eigenvalue weighted by Crippen LogP contribution is -2.47. The fourth-order valence-corrected chi connectivity index (χ4v) is 4.24. The maximum absolute atomic E-state index is 4.43. The molecule has 4 aromatic rings. The second-order valence-corrected chi connectivity index (χ2v) is 7.96. The zero-order valence-electron chi connectivity index (χ0n) is 16.7. The zero-order chi connectivity index (χ0) is 19.5. The third-order valence-corrected chi connectivity index (χ3v) is 6.05. The predicted octanol–water partition coefficient (Wildman–Crippen LogP) is 5.45. The molecule has 4 heteroatoms. The molecule has 0 amide bonds. The molecule has 4 nitrogen and oxygen atoms in total. The molecule has 1 aliphatic heterocycles. The molecule has 0 aliphatic carbocycles. The first-order valence-corrected chi connectivity index (χ1v) is 9.64. The Morgan fingerprint density at radius 1 is 0.893 bits per heavy atom. The van der Waals surface area contributed by atoms with Crippen LogP contribution in [-0.4, -0.2) is 27.2 Å². The maximum Gasteiger partial charge on any atom is 0.110 e. The van der Waals surface area contributed by atoms with E-state index < -0.39 is 0 Å². The van der Waals surface area contributed by atoms with Crippen LogP contribution in [0.4, 0.5) is 5.69 Å². The lowest BCUT2D eigenvalue weighted by Gasteiger charge is -2.39.